The number of aryl methyl sites for hydroxylation is 1. The van der Waals surface area contributed by atoms with E-state index in [-0.39, 0.29) is 11.7 Å². The van der Waals surface area contributed by atoms with Crippen LogP contribution in [0.15, 0.2) is 30.9 Å². The SMILES string of the molecule is CCn1cnc2c(NC3CCN(c4c(F)cccc4F)C3)ncnc21. The summed E-state index contributed by atoms with van der Waals surface area (Å²) in [4.78, 5) is 14.7. The van der Waals surface area contributed by atoms with E-state index in [1.807, 2.05) is 11.5 Å². The summed E-state index contributed by atoms with van der Waals surface area (Å²) in [5, 5.41) is 3.35. The lowest BCUT2D eigenvalue weighted by atomic mass is 10.2. The van der Waals surface area contributed by atoms with Gasteiger partial charge in [-0.25, -0.2) is 23.7 Å². The molecule has 1 fully saturated rings. The number of anilines is 2. The number of halogens is 2. The molecule has 1 aromatic carbocycles. The van der Waals surface area contributed by atoms with Crippen molar-refractivity contribution in [1.29, 1.82) is 0 Å². The number of aromatic nitrogens is 4. The Labute approximate surface area is 143 Å². The molecule has 6 nitrogen and oxygen atoms in total. The van der Waals surface area contributed by atoms with Crippen LogP contribution in [0.2, 0.25) is 0 Å². The number of fused-ring (bicyclic) bond motifs is 1. The van der Waals surface area contributed by atoms with Crippen LogP contribution in [0.25, 0.3) is 11.2 Å². The molecule has 1 aliphatic rings. The van der Waals surface area contributed by atoms with E-state index in [2.05, 4.69) is 20.3 Å². The largest absolute Gasteiger partial charge is 0.365 e. The van der Waals surface area contributed by atoms with Crippen LogP contribution in [0.3, 0.4) is 0 Å². The van der Waals surface area contributed by atoms with Gasteiger partial charge in [-0.15, -0.1) is 0 Å². The van der Waals surface area contributed by atoms with E-state index in [0.717, 1.165) is 18.6 Å². The minimum Gasteiger partial charge on any atom is -0.365 e. The van der Waals surface area contributed by atoms with E-state index in [1.54, 1.807) is 11.2 Å². The van der Waals surface area contributed by atoms with E-state index in [4.69, 9.17) is 0 Å². The summed E-state index contributed by atoms with van der Waals surface area (Å²) >= 11 is 0. The molecule has 0 amide bonds. The second kappa shape index (κ2) is 6.27. The van der Waals surface area contributed by atoms with Crippen molar-refractivity contribution in [2.75, 3.05) is 23.3 Å². The van der Waals surface area contributed by atoms with Crippen molar-refractivity contribution >= 4 is 22.7 Å². The number of imidazole rings is 1. The molecular formula is C17H18F2N6. The minimum absolute atomic E-state index is 0.0314. The highest BCUT2D eigenvalue weighted by Crippen LogP contribution is 2.28. The van der Waals surface area contributed by atoms with Gasteiger partial charge in [-0.1, -0.05) is 6.07 Å². The summed E-state index contributed by atoms with van der Waals surface area (Å²) in [5.41, 5.74) is 1.52. The first-order valence-corrected chi connectivity index (χ1v) is 8.28. The second-order valence-corrected chi connectivity index (χ2v) is 6.07. The maximum absolute atomic E-state index is 14.0. The molecule has 8 heteroatoms. The highest BCUT2D eigenvalue weighted by molar-refractivity contribution is 5.82. The standard InChI is InChI=1S/C17H18F2N6/c1-2-24-10-22-14-16(20-9-21-17(14)24)23-11-6-7-25(8-11)15-12(18)4-3-5-13(15)19/h3-5,9-11H,2,6-8H2,1H3,(H,20,21,23). The molecule has 0 radical (unpaired) electrons. The molecule has 1 atom stereocenters. The summed E-state index contributed by atoms with van der Waals surface area (Å²) in [5.74, 6) is -0.420. The van der Waals surface area contributed by atoms with Crippen LogP contribution < -0.4 is 10.2 Å². The van der Waals surface area contributed by atoms with Gasteiger partial charge in [0.1, 0.15) is 29.2 Å². The fourth-order valence-corrected chi connectivity index (χ4v) is 3.28. The molecular weight excluding hydrogens is 326 g/mol. The maximum Gasteiger partial charge on any atom is 0.165 e. The third kappa shape index (κ3) is 2.77. The topological polar surface area (TPSA) is 58.9 Å². The Balaban J connectivity index is 1.55. The number of rotatable bonds is 4. The smallest absolute Gasteiger partial charge is 0.165 e. The number of para-hydroxylation sites is 1. The molecule has 3 heterocycles. The van der Waals surface area contributed by atoms with Gasteiger partial charge in [-0.2, -0.15) is 0 Å². The van der Waals surface area contributed by atoms with Gasteiger partial charge in [0.25, 0.3) is 0 Å². The fourth-order valence-electron chi connectivity index (χ4n) is 3.28. The molecule has 2 aromatic heterocycles. The summed E-state index contributed by atoms with van der Waals surface area (Å²) in [6, 6.07) is 3.97. The Kier molecular flexibility index (Phi) is 3.95. The monoisotopic (exact) mass is 344 g/mol. The quantitative estimate of drug-likeness (QED) is 0.789. The van der Waals surface area contributed by atoms with Crippen molar-refractivity contribution in [2.24, 2.45) is 0 Å². The third-order valence-corrected chi connectivity index (χ3v) is 4.52. The zero-order valence-electron chi connectivity index (χ0n) is 13.8. The van der Waals surface area contributed by atoms with Gasteiger partial charge >= 0.3 is 0 Å². The predicted molar refractivity (Wildman–Crippen MR) is 91.6 cm³/mol. The predicted octanol–water partition coefficient (Wildman–Crippen LogP) is 2.82. The Bertz CT molecular complexity index is 889. The van der Waals surface area contributed by atoms with Crippen molar-refractivity contribution in [3.8, 4) is 0 Å². The van der Waals surface area contributed by atoms with Crippen LogP contribution >= 0.6 is 0 Å². The zero-order chi connectivity index (χ0) is 17.4. The fraction of sp³-hybridized carbons (Fsp3) is 0.353. The molecule has 1 saturated heterocycles. The number of hydrogen-bond acceptors (Lipinski definition) is 5. The Morgan fingerprint density at radius 3 is 2.76 bits per heavy atom. The average molecular weight is 344 g/mol. The van der Waals surface area contributed by atoms with Crippen LogP contribution in [0, 0.1) is 11.6 Å². The van der Waals surface area contributed by atoms with Crippen molar-refractivity contribution < 1.29 is 8.78 Å². The lowest BCUT2D eigenvalue weighted by molar-refractivity contribution is 0.577. The van der Waals surface area contributed by atoms with Crippen LogP contribution in [0.1, 0.15) is 13.3 Å². The molecule has 0 bridgehead atoms. The van der Waals surface area contributed by atoms with Crippen LogP contribution in [0.4, 0.5) is 20.3 Å². The molecule has 4 rings (SSSR count). The van der Waals surface area contributed by atoms with Gasteiger partial charge in [-0.05, 0) is 25.5 Å². The van der Waals surface area contributed by atoms with Gasteiger partial charge < -0.3 is 14.8 Å². The molecule has 0 saturated carbocycles. The molecule has 1 N–H and O–H groups in total. The summed E-state index contributed by atoms with van der Waals surface area (Å²) in [7, 11) is 0. The van der Waals surface area contributed by atoms with Crippen molar-refractivity contribution in [2.45, 2.75) is 25.9 Å². The Morgan fingerprint density at radius 1 is 1.20 bits per heavy atom. The van der Waals surface area contributed by atoms with Crippen LogP contribution in [-0.2, 0) is 6.54 Å². The first-order valence-electron chi connectivity index (χ1n) is 8.28. The van der Waals surface area contributed by atoms with E-state index < -0.39 is 11.6 Å². The van der Waals surface area contributed by atoms with E-state index >= 15 is 0 Å². The zero-order valence-corrected chi connectivity index (χ0v) is 13.8. The molecule has 0 spiro atoms. The van der Waals surface area contributed by atoms with Crippen molar-refractivity contribution in [3.63, 3.8) is 0 Å². The molecule has 0 aliphatic carbocycles. The average Bonchev–Trinajstić information content (AvgIpc) is 3.22. The van der Waals surface area contributed by atoms with E-state index in [1.165, 1.54) is 24.5 Å². The normalized spacial score (nSPS) is 17.4. The number of benzene rings is 1. The number of nitrogens with zero attached hydrogens (tertiary/aromatic N) is 5. The van der Waals surface area contributed by atoms with E-state index in [0.29, 0.717) is 24.4 Å². The van der Waals surface area contributed by atoms with Gasteiger partial charge in [0.15, 0.2) is 11.5 Å². The third-order valence-electron chi connectivity index (χ3n) is 4.52. The first-order chi connectivity index (χ1) is 12.2. The molecule has 25 heavy (non-hydrogen) atoms. The molecule has 130 valence electrons. The highest BCUT2D eigenvalue weighted by Gasteiger charge is 2.27. The molecule has 1 aliphatic heterocycles. The lowest BCUT2D eigenvalue weighted by Gasteiger charge is -2.20. The van der Waals surface area contributed by atoms with Crippen molar-refractivity contribution in [1.82, 2.24) is 19.5 Å². The lowest BCUT2D eigenvalue weighted by Crippen LogP contribution is -2.27. The molecule has 3 aromatic rings. The second-order valence-electron chi connectivity index (χ2n) is 6.07. The molecule has 1 unspecified atom stereocenters. The number of hydrogen-bond donors (Lipinski definition) is 1. The first kappa shape index (κ1) is 15.7. The van der Waals surface area contributed by atoms with Crippen LogP contribution in [0.5, 0.6) is 0 Å². The summed E-state index contributed by atoms with van der Waals surface area (Å²) in [6.07, 6.45) is 4.00. The Morgan fingerprint density at radius 2 is 2.00 bits per heavy atom. The van der Waals surface area contributed by atoms with Gasteiger partial charge in [0, 0.05) is 25.7 Å². The Hall–Kier alpha value is -2.77. The maximum atomic E-state index is 14.0. The summed E-state index contributed by atoms with van der Waals surface area (Å²) < 4.78 is 29.9. The van der Waals surface area contributed by atoms with E-state index in [9.17, 15) is 8.78 Å². The highest BCUT2D eigenvalue weighted by atomic mass is 19.1. The van der Waals surface area contributed by atoms with Crippen molar-refractivity contribution in [3.05, 3.63) is 42.5 Å². The number of nitrogens with one attached hydrogen (secondary N) is 1. The van der Waals surface area contributed by atoms with Gasteiger partial charge in [0.2, 0.25) is 0 Å². The van der Waals surface area contributed by atoms with Gasteiger partial charge in [0.05, 0.1) is 6.33 Å². The van der Waals surface area contributed by atoms with Crippen LogP contribution in [-0.4, -0.2) is 38.7 Å². The summed E-state index contributed by atoms with van der Waals surface area (Å²) in [6.45, 7) is 3.87. The van der Waals surface area contributed by atoms with Gasteiger partial charge in [-0.3, -0.25) is 0 Å². The minimum atomic E-state index is -0.535.